The van der Waals surface area contributed by atoms with E-state index in [9.17, 15) is 18.9 Å². The van der Waals surface area contributed by atoms with Gasteiger partial charge in [0, 0.05) is 5.82 Å². The number of nitrogens with zero attached hydrogens (tertiary/aromatic N) is 3. The van der Waals surface area contributed by atoms with Crippen LogP contribution in [-0.2, 0) is 9.30 Å². The van der Waals surface area contributed by atoms with E-state index >= 15 is 0 Å². The molecular formula is C11H13FN5O6P. The second-order valence-electron chi connectivity index (χ2n) is 5.13. The smallest absolute Gasteiger partial charge is 0.348 e. The van der Waals surface area contributed by atoms with Gasteiger partial charge in [-0.3, -0.25) is 18.9 Å². The van der Waals surface area contributed by atoms with Crippen molar-refractivity contribution in [2.24, 2.45) is 0 Å². The third-order valence-electron chi connectivity index (χ3n) is 3.42. The minimum absolute atomic E-state index is 0.0212. The van der Waals surface area contributed by atoms with Crippen LogP contribution in [0, 0.1) is 0 Å². The molecule has 2 aromatic heterocycles. The number of aliphatic hydroxyl groups is 1. The maximum Gasteiger partial charge on any atom is 0.348 e. The molecule has 130 valence electrons. The molecule has 3 rings (SSSR count). The predicted octanol–water partition coefficient (Wildman–Crippen LogP) is -1.01. The molecule has 13 heteroatoms. The molecule has 1 fully saturated rings. The van der Waals surface area contributed by atoms with E-state index in [-0.39, 0.29) is 17.1 Å². The van der Waals surface area contributed by atoms with Crippen molar-refractivity contribution in [2.75, 3.05) is 5.73 Å². The number of nitrogens with two attached hydrogens (primary N) is 1. The topological polar surface area (TPSA) is 177 Å². The maximum absolute atomic E-state index is 14.1. The molecule has 1 aliphatic rings. The Labute approximate surface area is 132 Å². The van der Waals surface area contributed by atoms with Crippen LogP contribution in [0.3, 0.4) is 0 Å². The summed E-state index contributed by atoms with van der Waals surface area (Å²) in [6.07, 6.45) is -4.35. The molecule has 4 atom stereocenters. The summed E-state index contributed by atoms with van der Waals surface area (Å²) in [7, 11) is -4.50. The average molecular weight is 361 g/mol. The van der Waals surface area contributed by atoms with Crippen molar-refractivity contribution in [3.05, 3.63) is 28.6 Å². The number of aromatic amines is 1. The van der Waals surface area contributed by atoms with Gasteiger partial charge in [0.2, 0.25) is 5.95 Å². The van der Waals surface area contributed by atoms with Gasteiger partial charge in [0.25, 0.3) is 5.56 Å². The lowest BCUT2D eigenvalue weighted by Crippen LogP contribution is -2.27. The Morgan fingerprint density at radius 1 is 1.50 bits per heavy atom. The first-order chi connectivity index (χ1) is 11.2. The number of H-pyrrole nitrogens is 1. The molecule has 1 saturated heterocycles. The fourth-order valence-corrected chi connectivity index (χ4v) is 2.77. The van der Waals surface area contributed by atoms with Crippen molar-refractivity contribution in [1.82, 2.24) is 19.5 Å². The van der Waals surface area contributed by atoms with Gasteiger partial charge in [-0.2, -0.15) is 4.98 Å². The van der Waals surface area contributed by atoms with E-state index in [1.54, 1.807) is 0 Å². The minimum Gasteiger partial charge on any atom is -0.385 e. The highest BCUT2D eigenvalue weighted by atomic mass is 31.2. The molecule has 6 N–H and O–H groups in total. The van der Waals surface area contributed by atoms with E-state index in [4.69, 9.17) is 20.3 Å². The Morgan fingerprint density at radius 2 is 2.21 bits per heavy atom. The number of halogens is 1. The number of alkyl halides is 1. The van der Waals surface area contributed by atoms with Crippen LogP contribution in [0.2, 0.25) is 0 Å². The van der Waals surface area contributed by atoms with Gasteiger partial charge in [-0.05, 0) is 6.08 Å². The Balaban J connectivity index is 1.97. The van der Waals surface area contributed by atoms with Gasteiger partial charge in [0.05, 0.1) is 6.33 Å². The van der Waals surface area contributed by atoms with Gasteiger partial charge in [-0.15, -0.1) is 0 Å². The highest BCUT2D eigenvalue weighted by Crippen LogP contribution is 2.39. The molecule has 0 bridgehead atoms. The largest absolute Gasteiger partial charge is 0.385 e. The van der Waals surface area contributed by atoms with E-state index in [1.807, 2.05) is 0 Å². The van der Waals surface area contributed by atoms with Gasteiger partial charge >= 0.3 is 7.60 Å². The average Bonchev–Trinajstić information content (AvgIpc) is 3.00. The number of fused-ring (bicyclic) bond motifs is 1. The molecule has 3 heterocycles. The minimum atomic E-state index is -4.50. The van der Waals surface area contributed by atoms with Gasteiger partial charge < -0.3 is 25.4 Å². The van der Waals surface area contributed by atoms with Crippen LogP contribution in [-0.4, -0.2) is 52.8 Å². The number of ether oxygens (including phenoxy) is 1. The normalized spacial score (nSPS) is 28.2. The summed E-state index contributed by atoms with van der Waals surface area (Å²) in [6, 6.07) is 0. The molecule has 0 aliphatic carbocycles. The quantitative estimate of drug-likeness (QED) is 0.429. The van der Waals surface area contributed by atoms with Crippen LogP contribution in [0.5, 0.6) is 0 Å². The molecule has 0 radical (unpaired) electrons. The molecule has 0 unspecified atom stereocenters. The molecular weight excluding hydrogens is 348 g/mol. The number of anilines is 1. The third-order valence-corrected chi connectivity index (χ3v) is 3.98. The van der Waals surface area contributed by atoms with Crippen molar-refractivity contribution >= 4 is 24.7 Å². The Hall–Kier alpha value is -2.11. The fraction of sp³-hybridized carbons (Fsp3) is 0.364. The molecule has 24 heavy (non-hydrogen) atoms. The summed E-state index contributed by atoms with van der Waals surface area (Å²) < 4.78 is 31.4. The van der Waals surface area contributed by atoms with Crippen molar-refractivity contribution in [3.8, 4) is 0 Å². The van der Waals surface area contributed by atoms with Gasteiger partial charge in [-0.25, -0.2) is 9.37 Å². The number of aromatic nitrogens is 4. The van der Waals surface area contributed by atoms with Crippen molar-refractivity contribution in [2.45, 2.75) is 24.6 Å². The first kappa shape index (κ1) is 16.7. The second-order valence-corrected chi connectivity index (χ2v) is 6.61. The van der Waals surface area contributed by atoms with Crippen molar-refractivity contribution < 1.29 is 28.6 Å². The first-order valence-corrected chi connectivity index (χ1v) is 8.30. The number of aliphatic hydroxyl groups excluding tert-OH is 1. The zero-order chi connectivity index (χ0) is 17.6. The number of rotatable bonds is 3. The zero-order valence-corrected chi connectivity index (χ0v) is 12.7. The number of hydrogen-bond acceptors (Lipinski definition) is 7. The summed E-state index contributed by atoms with van der Waals surface area (Å²) in [5, 5.41) is 10.0. The summed E-state index contributed by atoms with van der Waals surface area (Å²) in [5.74, 6) is 0.295. The summed E-state index contributed by atoms with van der Waals surface area (Å²) in [4.78, 5) is 39.2. The van der Waals surface area contributed by atoms with Crippen LogP contribution < -0.4 is 11.3 Å². The molecule has 11 nitrogen and oxygen atoms in total. The summed E-state index contributed by atoms with van der Waals surface area (Å²) >= 11 is 0. The highest BCUT2D eigenvalue weighted by Gasteiger charge is 2.44. The van der Waals surface area contributed by atoms with Crippen molar-refractivity contribution in [3.63, 3.8) is 0 Å². The SMILES string of the molecule is Nc1nc2c(ncn2[C@@H]2O[C@H](/C=C/P(=O)(O)O)[C@@H](F)[C@H]2O)c(=O)[nH]1. The van der Waals surface area contributed by atoms with Crippen LogP contribution in [0.1, 0.15) is 6.23 Å². The molecule has 1 aliphatic heterocycles. The lowest BCUT2D eigenvalue weighted by Gasteiger charge is -2.15. The van der Waals surface area contributed by atoms with Gasteiger partial charge in [0.15, 0.2) is 23.6 Å². The second kappa shape index (κ2) is 5.76. The summed E-state index contributed by atoms with van der Waals surface area (Å²) in [5.41, 5.74) is 4.74. The molecule has 0 spiro atoms. The number of hydrogen-bond donors (Lipinski definition) is 5. The summed E-state index contributed by atoms with van der Waals surface area (Å²) in [6.45, 7) is 0. The van der Waals surface area contributed by atoms with E-state index in [1.165, 1.54) is 0 Å². The Bertz CT molecular complexity index is 906. The lowest BCUT2D eigenvalue weighted by atomic mass is 10.1. The zero-order valence-electron chi connectivity index (χ0n) is 11.9. The Morgan fingerprint density at radius 3 is 2.88 bits per heavy atom. The van der Waals surface area contributed by atoms with E-state index < -0.39 is 37.8 Å². The number of nitrogen functional groups attached to an aromatic ring is 1. The molecule has 0 aromatic carbocycles. The predicted molar refractivity (Wildman–Crippen MR) is 78.6 cm³/mol. The maximum atomic E-state index is 14.1. The first-order valence-electron chi connectivity index (χ1n) is 6.62. The van der Waals surface area contributed by atoms with E-state index in [0.29, 0.717) is 5.82 Å². The fourth-order valence-electron chi connectivity index (χ4n) is 2.38. The number of imidazole rings is 1. The molecule has 0 amide bonds. The lowest BCUT2D eigenvalue weighted by molar-refractivity contribution is -0.0233. The molecule has 2 aromatic rings. The van der Waals surface area contributed by atoms with Crippen molar-refractivity contribution in [1.29, 1.82) is 0 Å². The highest BCUT2D eigenvalue weighted by molar-refractivity contribution is 7.55. The number of nitrogens with one attached hydrogen (secondary N) is 1. The van der Waals surface area contributed by atoms with Crippen LogP contribution >= 0.6 is 7.60 Å². The van der Waals surface area contributed by atoms with E-state index in [2.05, 4.69) is 15.0 Å². The van der Waals surface area contributed by atoms with Crippen LogP contribution in [0.15, 0.2) is 23.0 Å². The third kappa shape index (κ3) is 2.97. The van der Waals surface area contributed by atoms with E-state index in [0.717, 1.165) is 17.0 Å². The molecule has 0 saturated carbocycles. The van der Waals surface area contributed by atoms with Gasteiger partial charge in [-0.1, -0.05) is 0 Å². The van der Waals surface area contributed by atoms with Crippen LogP contribution in [0.25, 0.3) is 11.2 Å². The Kier molecular flexibility index (Phi) is 4.01. The monoisotopic (exact) mass is 361 g/mol. The van der Waals surface area contributed by atoms with Crippen LogP contribution in [0.4, 0.5) is 10.3 Å². The standard InChI is InChI=1S/C11H13FN5O6P/c12-5-4(1-2-24(20,21)22)23-10(7(5)18)17-3-14-6-8(17)15-11(13)16-9(6)19/h1-5,7,10,18H,(H2,20,21,22)(H3,13,15,16,19)/b2-1+/t4-,5-,7-,10-/m1/s1. The van der Waals surface area contributed by atoms with Gasteiger partial charge in [0.1, 0.15) is 12.2 Å².